The van der Waals surface area contributed by atoms with Gasteiger partial charge in [-0.15, -0.1) is 11.3 Å². The summed E-state index contributed by atoms with van der Waals surface area (Å²) in [4.78, 5) is 11.6. The number of allylic oxidation sites excluding steroid dienone is 2. The number of benzene rings is 1. The maximum absolute atomic E-state index is 4.72. The summed E-state index contributed by atoms with van der Waals surface area (Å²) in [6.07, 6.45) is 9.60. The van der Waals surface area contributed by atoms with Crippen molar-refractivity contribution in [1.29, 1.82) is 0 Å². The second-order valence-corrected chi connectivity index (χ2v) is 10.6. The zero-order valence-corrected chi connectivity index (χ0v) is 21.0. The highest BCUT2D eigenvalue weighted by Gasteiger charge is 2.22. The molecule has 2 aliphatic rings. The number of thiophene rings is 1. The average Bonchev–Trinajstić information content (AvgIpc) is 3.49. The van der Waals surface area contributed by atoms with Crippen LogP contribution in [0.1, 0.15) is 48.4 Å². The highest BCUT2D eigenvalue weighted by atomic mass is 32.1. The van der Waals surface area contributed by atoms with E-state index in [9.17, 15) is 0 Å². The van der Waals surface area contributed by atoms with Crippen LogP contribution in [-0.4, -0.2) is 23.1 Å². The van der Waals surface area contributed by atoms with Crippen molar-refractivity contribution in [2.75, 3.05) is 23.3 Å². The van der Waals surface area contributed by atoms with Gasteiger partial charge in [-0.05, 0) is 90.9 Å². The predicted molar refractivity (Wildman–Crippen MR) is 148 cm³/mol. The van der Waals surface area contributed by atoms with Crippen molar-refractivity contribution in [3.05, 3.63) is 100 Å². The molecule has 0 bridgehead atoms. The zero-order chi connectivity index (χ0) is 23.8. The first kappa shape index (κ1) is 22.1. The van der Waals surface area contributed by atoms with E-state index in [2.05, 4.69) is 76.5 Å². The number of piperidine rings is 1. The molecule has 4 heterocycles. The molecule has 1 aliphatic heterocycles. The SMILES string of the molecule is C=C(Nc1ccc(N2CCCCC2)nc1)C1=C(C)Cc2cc(Cc3ccnc4ccsc34)ccc21. The van der Waals surface area contributed by atoms with Gasteiger partial charge in [0.05, 0.1) is 22.1 Å². The van der Waals surface area contributed by atoms with Gasteiger partial charge in [-0.2, -0.15) is 0 Å². The average molecular weight is 479 g/mol. The summed E-state index contributed by atoms with van der Waals surface area (Å²) < 4.78 is 1.29. The van der Waals surface area contributed by atoms with Crippen LogP contribution >= 0.6 is 11.3 Å². The summed E-state index contributed by atoms with van der Waals surface area (Å²) in [5, 5.41) is 5.64. The molecule has 4 nitrogen and oxygen atoms in total. The second kappa shape index (κ2) is 9.31. The van der Waals surface area contributed by atoms with E-state index in [1.54, 1.807) is 11.3 Å². The molecule has 1 saturated heterocycles. The Morgan fingerprint density at radius 3 is 2.77 bits per heavy atom. The molecule has 1 aliphatic carbocycles. The van der Waals surface area contributed by atoms with Crippen LogP contribution in [0, 0.1) is 0 Å². The molecule has 35 heavy (non-hydrogen) atoms. The first-order chi connectivity index (χ1) is 17.2. The molecule has 5 heteroatoms. The summed E-state index contributed by atoms with van der Waals surface area (Å²) in [7, 11) is 0. The summed E-state index contributed by atoms with van der Waals surface area (Å²) in [6.45, 7) is 8.83. The van der Waals surface area contributed by atoms with E-state index in [1.807, 2.05) is 12.4 Å². The number of nitrogens with zero attached hydrogens (tertiary/aromatic N) is 3. The van der Waals surface area contributed by atoms with Gasteiger partial charge in [-0.3, -0.25) is 4.98 Å². The fourth-order valence-electron chi connectivity index (χ4n) is 5.46. The van der Waals surface area contributed by atoms with Gasteiger partial charge in [0.15, 0.2) is 0 Å². The van der Waals surface area contributed by atoms with E-state index < -0.39 is 0 Å². The molecular formula is C30H30N4S. The minimum absolute atomic E-state index is 0.926. The van der Waals surface area contributed by atoms with Gasteiger partial charge in [-0.1, -0.05) is 30.4 Å². The van der Waals surface area contributed by atoms with Crippen molar-refractivity contribution in [2.24, 2.45) is 0 Å². The third-order valence-electron chi connectivity index (χ3n) is 7.17. The van der Waals surface area contributed by atoms with Gasteiger partial charge in [0.2, 0.25) is 0 Å². The topological polar surface area (TPSA) is 41.0 Å². The third-order valence-corrected chi connectivity index (χ3v) is 8.15. The van der Waals surface area contributed by atoms with Crippen molar-refractivity contribution in [2.45, 2.75) is 39.0 Å². The van der Waals surface area contributed by atoms with Crippen molar-refractivity contribution in [3.8, 4) is 0 Å². The molecule has 0 saturated carbocycles. The van der Waals surface area contributed by atoms with E-state index in [0.29, 0.717) is 0 Å². The fraction of sp³-hybridized carbons (Fsp3) is 0.267. The largest absolute Gasteiger partial charge is 0.357 e. The number of nitrogens with one attached hydrogen (secondary N) is 1. The van der Waals surface area contributed by atoms with E-state index in [-0.39, 0.29) is 0 Å². The number of hydrogen-bond acceptors (Lipinski definition) is 5. The Labute approximate surface area is 211 Å². The number of hydrogen-bond donors (Lipinski definition) is 1. The molecule has 1 N–H and O–H groups in total. The molecule has 0 radical (unpaired) electrons. The number of fused-ring (bicyclic) bond motifs is 2. The van der Waals surface area contributed by atoms with Crippen LogP contribution < -0.4 is 10.2 Å². The molecule has 176 valence electrons. The van der Waals surface area contributed by atoms with Crippen LogP contribution in [0.15, 0.2) is 78.1 Å². The first-order valence-electron chi connectivity index (χ1n) is 12.5. The third kappa shape index (κ3) is 4.37. The van der Waals surface area contributed by atoms with Crippen LogP contribution in [0.5, 0.6) is 0 Å². The van der Waals surface area contributed by atoms with Gasteiger partial charge in [0.25, 0.3) is 0 Å². The fourth-order valence-corrected chi connectivity index (χ4v) is 6.33. The van der Waals surface area contributed by atoms with Gasteiger partial charge < -0.3 is 10.2 Å². The molecule has 3 aromatic heterocycles. The Bertz CT molecular complexity index is 1420. The lowest BCUT2D eigenvalue weighted by molar-refractivity contribution is 0.573. The highest BCUT2D eigenvalue weighted by Crippen LogP contribution is 2.38. The van der Waals surface area contributed by atoms with Gasteiger partial charge in [0.1, 0.15) is 5.82 Å². The van der Waals surface area contributed by atoms with Crippen molar-refractivity contribution >= 4 is 38.6 Å². The standard InChI is InChI=1S/C30H30N4S/c1-20-16-24-18-22(17-23-10-12-31-27-11-15-35-30(23)27)6-8-26(24)29(20)21(2)33-25-7-9-28(32-19-25)34-13-4-3-5-14-34/h6-12,15,18-19,33H,2-5,13-14,16-17H2,1H3. The van der Waals surface area contributed by atoms with Gasteiger partial charge >= 0.3 is 0 Å². The number of aromatic nitrogens is 2. The molecule has 0 unspecified atom stereocenters. The van der Waals surface area contributed by atoms with Crippen LogP contribution in [-0.2, 0) is 12.8 Å². The molecule has 0 amide bonds. The Kier molecular flexibility index (Phi) is 5.86. The van der Waals surface area contributed by atoms with Crippen LogP contribution in [0.4, 0.5) is 11.5 Å². The molecule has 0 spiro atoms. The maximum Gasteiger partial charge on any atom is 0.128 e. The second-order valence-electron chi connectivity index (χ2n) is 9.66. The van der Waals surface area contributed by atoms with E-state index in [4.69, 9.17) is 4.98 Å². The quantitative estimate of drug-likeness (QED) is 0.317. The van der Waals surface area contributed by atoms with Crippen molar-refractivity contribution in [1.82, 2.24) is 9.97 Å². The first-order valence-corrected chi connectivity index (χ1v) is 13.3. The monoisotopic (exact) mass is 478 g/mol. The highest BCUT2D eigenvalue weighted by molar-refractivity contribution is 7.17. The number of anilines is 2. The van der Waals surface area contributed by atoms with Gasteiger partial charge in [0, 0.05) is 30.6 Å². The van der Waals surface area contributed by atoms with Crippen LogP contribution in [0.25, 0.3) is 15.8 Å². The van der Waals surface area contributed by atoms with E-state index in [0.717, 1.165) is 48.7 Å². The number of pyridine rings is 2. The molecule has 0 atom stereocenters. The predicted octanol–water partition coefficient (Wildman–Crippen LogP) is 7.23. The number of rotatable bonds is 6. The minimum Gasteiger partial charge on any atom is -0.357 e. The molecule has 1 aromatic carbocycles. The zero-order valence-electron chi connectivity index (χ0n) is 20.2. The lowest BCUT2D eigenvalue weighted by Gasteiger charge is -2.27. The lowest BCUT2D eigenvalue weighted by Crippen LogP contribution is -2.30. The Morgan fingerprint density at radius 1 is 1.06 bits per heavy atom. The Hall–Kier alpha value is -3.44. The molecule has 4 aromatic rings. The Morgan fingerprint density at radius 2 is 1.94 bits per heavy atom. The van der Waals surface area contributed by atoms with E-state index in [1.165, 1.54) is 57.4 Å². The molecular weight excluding hydrogens is 448 g/mol. The van der Waals surface area contributed by atoms with Crippen molar-refractivity contribution < 1.29 is 0 Å². The normalized spacial score (nSPS) is 15.5. The summed E-state index contributed by atoms with van der Waals surface area (Å²) >= 11 is 1.77. The summed E-state index contributed by atoms with van der Waals surface area (Å²) in [6, 6.07) is 15.4. The minimum atomic E-state index is 0.926. The van der Waals surface area contributed by atoms with Crippen LogP contribution in [0.2, 0.25) is 0 Å². The smallest absolute Gasteiger partial charge is 0.128 e. The molecule has 6 rings (SSSR count). The molecule has 1 fully saturated rings. The van der Waals surface area contributed by atoms with Crippen LogP contribution in [0.3, 0.4) is 0 Å². The maximum atomic E-state index is 4.72. The summed E-state index contributed by atoms with van der Waals surface area (Å²) in [5.74, 6) is 1.07. The van der Waals surface area contributed by atoms with Gasteiger partial charge in [-0.25, -0.2) is 4.98 Å². The Balaban J connectivity index is 1.18. The summed E-state index contributed by atoms with van der Waals surface area (Å²) in [5.41, 5.74) is 11.0. The van der Waals surface area contributed by atoms with E-state index >= 15 is 0 Å². The lowest BCUT2D eigenvalue weighted by atomic mass is 9.98. The van der Waals surface area contributed by atoms with Crippen molar-refractivity contribution in [3.63, 3.8) is 0 Å².